The number of nitrogens with zero attached hydrogens (tertiary/aromatic N) is 2. The molecule has 0 saturated carbocycles. The second kappa shape index (κ2) is 11.6. The maximum absolute atomic E-state index is 11.9. The van der Waals surface area contributed by atoms with E-state index in [0.29, 0.717) is 25.9 Å². The summed E-state index contributed by atoms with van der Waals surface area (Å²) in [6, 6.07) is 0. The van der Waals surface area contributed by atoms with Gasteiger partial charge >= 0.3 is 11.9 Å². The number of morpholine rings is 2. The Kier molecular flexibility index (Phi) is 9.47. The lowest BCUT2D eigenvalue weighted by molar-refractivity contribution is -0.153. The van der Waals surface area contributed by atoms with Crippen molar-refractivity contribution >= 4 is 11.9 Å². The van der Waals surface area contributed by atoms with Crippen molar-refractivity contribution in [3.05, 3.63) is 0 Å². The van der Waals surface area contributed by atoms with Gasteiger partial charge in [-0.1, -0.05) is 13.8 Å². The van der Waals surface area contributed by atoms with Gasteiger partial charge in [-0.2, -0.15) is 0 Å². The van der Waals surface area contributed by atoms with Gasteiger partial charge in [-0.3, -0.25) is 19.4 Å². The quantitative estimate of drug-likeness (QED) is 0.504. The second-order valence-electron chi connectivity index (χ2n) is 7.89. The van der Waals surface area contributed by atoms with E-state index in [4.69, 9.17) is 18.9 Å². The highest BCUT2D eigenvalue weighted by molar-refractivity contribution is 5.70. The maximum atomic E-state index is 11.9. The summed E-state index contributed by atoms with van der Waals surface area (Å²) in [6.45, 7) is 12.1. The molecule has 2 aliphatic heterocycles. The number of hydrogen-bond donors (Lipinski definition) is 0. The Morgan fingerprint density at radius 2 is 1.15 bits per heavy atom. The SMILES string of the molecule is CC(C)(COC(=O)CCN1CCOCC1)COC(=O)CCN1CCOCC1. The monoisotopic (exact) mass is 386 g/mol. The Hall–Kier alpha value is -1.22. The largest absolute Gasteiger partial charge is 0.465 e. The average Bonchev–Trinajstić information content (AvgIpc) is 2.69. The fourth-order valence-corrected chi connectivity index (χ4v) is 2.89. The minimum atomic E-state index is -0.400. The van der Waals surface area contributed by atoms with Crippen molar-refractivity contribution in [1.29, 1.82) is 0 Å². The van der Waals surface area contributed by atoms with E-state index in [-0.39, 0.29) is 25.2 Å². The molecule has 0 bridgehead atoms. The lowest BCUT2D eigenvalue weighted by Gasteiger charge is -2.27. The molecule has 0 aromatic rings. The summed E-state index contributed by atoms with van der Waals surface area (Å²) >= 11 is 0. The predicted molar refractivity (Wildman–Crippen MR) is 99.5 cm³/mol. The summed E-state index contributed by atoms with van der Waals surface area (Å²) in [5.41, 5.74) is -0.400. The predicted octanol–water partition coefficient (Wildman–Crippen LogP) is 0.544. The Balaban J connectivity index is 1.54. The lowest BCUT2D eigenvalue weighted by Crippen LogP contribution is -2.38. The molecule has 8 nitrogen and oxygen atoms in total. The minimum absolute atomic E-state index is 0.215. The maximum Gasteiger partial charge on any atom is 0.307 e. The molecular formula is C19H34N2O6. The van der Waals surface area contributed by atoms with Crippen LogP contribution in [0.3, 0.4) is 0 Å². The molecule has 2 saturated heterocycles. The van der Waals surface area contributed by atoms with Crippen LogP contribution in [-0.4, -0.2) is 101 Å². The number of carbonyl (C=O) groups excluding carboxylic acids is 2. The first-order valence-electron chi connectivity index (χ1n) is 9.86. The summed E-state index contributed by atoms with van der Waals surface area (Å²) in [6.07, 6.45) is 0.741. The van der Waals surface area contributed by atoms with Gasteiger partial charge in [0.2, 0.25) is 0 Å². The first-order valence-corrected chi connectivity index (χ1v) is 9.86. The first kappa shape index (κ1) is 22.1. The smallest absolute Gasteiger partial charge is 0.307 e. The van der Waals surface area contributed by atoms with Gasteiger partial charge in [0.05, 0.1) is 52.5 Å². The number of esters is 2. The van der Waals surface area contributed by atoms with Crippen molar-refractivity contribution in [3.63, 3.8) is 0 Å². The zero-order valence-corrected chi connectivity index (χ0v) is 16.7. The molecule has 0 spiro atoms. The normalized spacial score (nSPS) is 19.6. The van der Waals surface area contributed by atoms with E-state index in [1.165, 1.54) is 0 Å². The van der Waals surface area contributed by atoms with Crippen LogP contribution < -0.4 is 0 Å². The Morgan fingerprint density at radius 1 is 0.778 bits per heavy atom. The van der Waals surface area contributed by atoms with E-state index < -0.39 is 5.41 Å². The Labute approximate surface area is 162 Å². The first-order chi connectivity index (χ1) is 12.9. The molecule has 0 atom stereocenters. The zero-order chi connectivity index (χ0) is 19.5. The molecule has 0 aromatic carbocycles. The molecule has 2 aliphatic rings. The molecule has 2 rings (SSSR count). The summed E-state index contributed by atoms with van der Waals surface area (Å²) in [5, 5.41) is 0. The molecule has 0 N–H and O–H groups in total. The summed E-state index contributed by atoms with van der Waals surface area (Å²) < 4.78 is 21.3. The van der Waals surface area contributed by atoms with Gasteiger partial charge in [0.1, 0.15) is 0 Å². The van der Waals surface area contributed by atoms with E-state index in [9.17, 15) is 9.59 Å². The fraction of sp³-hybridized carbons (Fsp3) is 0.895. The summed E-state index contributed by atoms with van der Waals surface area (Å²) in [7, 11) is 0. The number of ether oxygens (including phenoxy) is 4. The van der Waals surface area contributed by atoms with Gasteiger partial charge < -0.3 is 18.9 Å². The Morgan fingerprint density at radius 3 is 1.52 bits per heavy atom. The topological polar surface area (TPSA) is 77.5 Å². The molecule has 2 heterocycles. The van der Waals surface area contributed by atoms with Crippen LogP contribution in [0, 0.1) is 5.41 Å². The highest BCUT2D eigenvalue weighted by atomic mass is 16.5. The molecule has 0 aliphatic carbocycles. The van der Waals surface area contributed by atoms with Crippen LogP contribution in [0.2, 0.25) is 0 Å². The van der Waals surface area contributed by atoms with Gasteiger partial charge in [0.25, 0.3) is 0 Å². The van der Waals surface area contributed by atoms with E-state index in [1.807, 2.05) is 13.8 Å². The van der Waals surface area contributed by atoms with Gasteiger partial charge in [0.15, 0.2) is 0 Å². The summed E-state index contributed by atoms with van der Waals surface area (Å²) in [5.74, 6) is -0.429. The molecule has 27 heavy (non-hydrogen) atoms. The molecule has 156 valence electrons. The van der Waals surface area contributed by atoms with Crippen molar-refractivity contribution in [3.8, 4) is 0 Å². The van der Waals surface area contributed by atoms with Crippen LogP contribution in [-0.2, 0) is 28.5 Å². The van der Waals surface area contributed by atoms with E-state index >= 15 is 0 Å². The number of carbonyl (C=O) groups is 2. The molecule has 0 aromatic heterocycles. The third kappa shape index (κ3) is 9.51. The van der Waals surface area contributed by atoms with Crippen LogP contribution >= 0.6 is 0 Å². The van der Waals surface area contributed by atoms with Crippen LogP contribution in [0.5, 0.6) is 0 Å². The zero-order valence-electron chi connectivity index (χ0n) is 16.7. The van der Waals surface area contributed by atoms with Crippen LogP contribution in [0.15, 0.2) is 0 Å². The average molecular weight is 386 g/mol. The minimum Gasteiger partial charge on any atom is -0.465 e. The molecule has 0 unspecified atom stereocenters. The van der Waals surface area contributed by atoms with Crippen molar-refractivity contribution in [2.24, 2.45) is 5.41 Å². The van der Waals surface area contributed by atoms with Crippen LogP contribution in [0.25, 0.3) is 0 Å². The molecule has 8 heteroatoms. The number of hydrogen-bond acceptors (Lipinski definition) is 8. The van der Waals surface area contributed by atoms with Crippen LogP contribution in [0.4, 0.5) is 0 Å². The van der Waals surface area contributed by atoms with Crippen LogP contribution in [0.1, 0.15) is 26.7 Å². The van der Waals surface area contributed by atoms with Gasteiger partial charge in [0, 0.05) is 44.7 Å². The van der Waals surface area contributed by atoms with E-state index in [2.05, 4.69) is 9.80 Å². The van der Waals surface area contributed by atoms with E-state index in [0.717, 1.165) is 52.6 Å². The van der Waals surface area contributed by atoms with Crippen molar-refractivity contribution in [2.45, 2.75) is 26.7 Å². The molecule has 2 fully saturated rings. The Bertz CT molecular complexity index is 419. The molecular weight excluding hydrogens is 352 g/mol. The van der Waals surface area contributed by atoms with Crippen molar-refractivity contribution in [2.75, 3.05) is 78.9 Å². The van der Waals surface area contributed by atoms with Crippen molar-refractivity contribution < 1.29 is 28.5 Å². The van der Waals surface area contributed by atoms with E-state index in [1.54, 1.807) is 0 Å². The molecule has 0 radical (unpaired) electrons. The fourth-order valence-electron chi connectivity index (χ4n) is 2.89. The molecule has 0 amide bonds. The van der Waals surface area contributed by atoms with Gasteiger partial charge in [-0.15, -0.1) is 0 Å². The van der Waals surface area contributed by atoms with Gasteiger partial charge in [-0.25, -0.2) is 0 Å². The highest BCUT2D eigenvalue weighted by Crippen LogP contribution is 2.17. The highest BCUT2D eigenvalue weighted by Gasteiger charge is 2.23. The third-order valence-corrected chi connectivity index (χ3v) is 4.72. The standard InChI is InChI=1S/C19H34N2O6/c1-19(2,15-26-17(22)3-5-20-7-11-24-12-8-20)16-27-18(23)4-6-21-9-13-25-14-10-21/h3-16H2,1-2H3. The second-order valence-corrected chi connectivity index (χ2v) is 7.89. The lowest BCUT2D eigenvalue weighted by atomic mass is 9.96. The van der Waals surface area contributed by atoms with Crippen molar-refractivity contribution in [1.82, 2.24) is 9.80 Å². The van der Waals surface area contributed by atoms with Gasteiger partial charge in [-0.05, 0) is 0 Å². The number of rotatable bonds is 10. The third-order valence-electron chi connectivity index (χ3n) is 4.72. The summed E-state index contributed by atoms with van der Waals surface area (Å²) in [4.78, 5) is 28.3.